The molecule has 0 radical (unpaired) electrons. The van der Waals surface area contributed by atoms with E-state index >= 15 is 0 Å². The molecule has 2 rings (SSSR count). The van der Waals surface area contributed by atoms with Crippen LogP contribution in [0.1, 0.15) is 37.7 Å². The Morgan fingerprint density at radius 1 is 1.15 bits per heavy atom. The maximum absolute atomic E-state index is 11.6. The van der Waals surface area contributed by atoms with Gasteiger partial charge in [-0.2, -0.15) is 5.10 Å². The first-order valence-electron chi connectivity index (χ1n) is 7.16. The van der Waals surface area contributed by atoms with Gasteiger partial charge < -0.3 is 5.32 Å². The van der Waals surface area contributed by atoms with E-state index in [0.29, 0.717) is 6.04 Å². The van der Waals surface area contributed by atoms with Gasteiger partial charge in [0.25, 0.3) is 0 Å². The highest BCUT2D eigenvalue weighted by molar-refractivity contribution is 5.80. The molecule has 0 unspecified atom stereocenters. The van der Waals surface area contributed by atoms with Gasteiger partial charge in [-0.25, -0.2) is 10.2 Å². The van der Waals surface area contributed by atoms with Crippen LogP contribution in [0.5, 0.6) is 0 Å². The predicted molar refractivity (Wildman–Crippen MR) is 82.5 cm³/mol. The van der Waals surface area contributed by atoms with E-state index in [4.69, 9.17) is 0 Å². The third-order valence-electron chi connectivity index (χ3n) is 3.36. The van der Waals surface area contributed by atoms with E-state index in [2.05, 4.69) is 15.8 Å². The molecule has 2 N–H and O–H groups in total. The molecule has 1 fully saturated rings. The van der Waals surface area contributed by atoms with Gasteiger partial charge in [-0.15, -0.1) is 0 Å². The van der Waals surface area contributed by atoms with Gasteiger partial charge >= 0.3 is 6.03 Å². The normalized spacial score (nSPS) is 16.6. The molecule has 1 aliphatic carbocycles. The highest BCUT2D eigenvalue weighted by Crippen LogP contribution is 2.16. The molecule has 0 saturated heterocycles. The van der Waals surface area contributed by atoms with Crippen LogP contribution in [0, 0.1) is 0 Å². The summed E-state index contributed by atoms with van der Waals surface area (Å²) in [5.41, 5.74) is 3.59. The zero-order chi connectivity index (χ0) is 14.0. The average Bonchev–Trinajstić information content (AvgIpc) is 2.49. The Kier molecular flexibility index (Phi) is 5.83. The van der Waals surface area contributed by atoms with E-state index in [0.717, 1.165) is 18.4 Å². The molecular weight excluding hydrogens is 250 g/mol. The number of benzene rings is 1. The number of allylic oxidation sites excluding steroid dienone is 1. The summed E-state index contributed by atoms with van der Waals surface area (Å²) < 4.78 is 0. The highest BCUT2D eigenvalue weighted by atomic mass is 16.2. The molecule has 0 aliphatic heterocycles. The third kappa shape index (κ3) is 5.26. The smallest absolute Gasteiger partial charge is 0.334 e. The number of amides is 2. The van der Waals surface area contributed by atoms with E-state index in [1.165, 1.54) is 19.3 Å². The molecule has 4 heteroatoms. The van der Waals surface area contributed by atoms with Crippen molar-refractivity contribution in [3.63, 3.8) is 0 Å². The monoisotopic (exact) mass is 271 g/mol. The van der Waals surface area contributed by atoms with Crippen LogP contribution in [0.3, 0.4) is 0 Å². The highest BCUT2D eigenvalue weighted by Gasteiger charge is 2.14. The van der Waals surface area contributed by atoms with Crippen LogP contribution in [0.25, 0.3) is 6.08 Å². The van der Waals surface area contributed by atoms with Crippen molar-refractivity contribution in [2.24, 2.45) is 5.10 Å². The van der Waals surface area contributed by atoms with Crippen LogP contribution < -0.4 is 10.7 Å². The zero-order valence-electron chi connectivity index (χ0n) is 11.6. The molecule has 4 nitrogen and oxygen atoms in total. The topological polar surface area (TPSA) is 53.5 Å². The number of nitrogens with one attached hydrogen (secondary N) is 2. The first-order chi connectivity index (χ1) is 9.84. The summed E-state index contributed by atoms with van der Waals surface area (Å²) in [4.78, 5) is 11.6. The lowest BCUT2D eigenvalue weighted by atomic mass is 9.96. The molecule has 2 amide bonds. The standard InChI is InChI=1S/C16H21N3O/c20-16(18-15-11-5-2-6-12-15)19-17-13-7-10-14-8-3-1-4-9-14/h1,3-4,7-10,13,15H,2,5-6,11-12H2,(H2,18,19,20)/b10-7+,17-13-. The number of carbonyl (C=O) groups is 1. The second-order valence-corrected chi connectivity index (χ2v) is 4.97. The minimum Gasteiger partial charge on any atom is -0.334 e. The number of hydrogen-bond donors (Lipinski definition) is 2. The summed E-state index contributed by atoms with van der Waals surface area (Å²) in [7, 11) is 0. The summed E-state index contributed by atoms with van der Waals surface area (Å²) in [5.74, 6) is 0. The minimum atomic E-state index is -0.221. The summed E-state index contributed by atoms with van der Waals surface area (Å²) in [5, 5.41) is 6.82. The molecule has 1 aliphatic rings. The fourth-order valence-electron chi connectivity index (χ4n) is 2.32. The first-order valence-corrected chi connectivity index (χ1v) is 7.16. The van der Waals surface area contributed by atoms with E-state index in [1.807, 2.05) is 36.4 Å². The summed E-state index contributed by atoms with van der Waals surface area (Å²) in [6.45, 7) is 0. The lowest BCUT2D eigenvalue weighted by molar-refractivity contribution is 0.233. The van der Waals surface area contributed by atoms with E-state index in [1.54, 1.807) is 12.3 Å². The summed E-state index contributed by atoms with van der Waals surface area (Å²) in [6.07, 6.45) is 11.1. The number of urea groups is 1. The predicted octanol–water partition coefficient (Wildman–Crippen LogP) is 3.32. The van der Waals surface area contributed by atoms with Gasteiger partial charge in [0.1, 0.15) is 0 Å². The van der Waals surface area contributed by atoms with Crippen molar-refractivity contribution < 1.29 is 4.79 Å². The average molecular weight is 271 g/mol. The zero-order valence-corrected chi connectivity index (χ0v) is 11.6. The van der Waals surface area contributed by atoms with Crippen molar-refractivity contribution in [2.75, 3.05) is 0 Å². The molecule has 20 heavy (non-hydrogen) atoms. The second-order valence-electron chi connectivity index (χ2n) is 4.97. The van der Waals surface area contributed by atoms with Crippen molar-refractivity contribution in [1.29, 1.82) is 0 Å². The van der Waals surface area contributed by atoms with E-state index < -0.39 is 0 Å². The lowest BCUT2D eigenvalue weighted by Crippen LogP contribution is -2.41. The number of hydrogen-bond acceptors (Lipinski definition) is 2. The van der Waals surface area contributed by atoms with E-state index in [9.17, 15) is 4.79 Å². The maximum atomic E-state index is 11.6. The van der Waals surface area contributed by atoms with Gasteiger partial charge in [0, 0.05) is 12.3 Å². The van der Waals surface area contributed by atoms with Crippen LogP contribution in [0.15, 0.2) is 41.5 Å². The van der Waals surface area contributed by atoms with Gasteiger partial charge in [0.2, 0.25) is 0 Å². The van der Waals surface area contributed by atoms with Crippen molar-refractivity contribution in [2.45, 2.75) is 38.1 Å². The first kappa shape index (κ1) is 14.3. The molecule has 1 aromatic rings. The van der Waals surface area contributed by atoms with Crippen LogP contribution in [-0.2, 0) is 0 Å². The fourth-order valence-corrected chi connectivity index (χ4v) is 2.32. The van der Waals surface area contributed by atoms with Crippen LogP contribution in [0.4, 0.5) is 4.79 Å². The molecule has 0 atom stereocenters. The molecule has 0 bridgehead atoms. The van der Waals surface area contributed by atoms with Gasteiger partial charge in [0.15, 0.2) is 0 Å². The summed E-state index contributed by atoms with van der Waals surface area (Å²) in [6, 6.07) is 10.0. The maximum Gasteiger partial charge on any atom is 0.335 e. The Bertz CT molecular complexity index is 462. The molecule has 0 aromatic heterocycles. The van der Waals surface area contributed by atoms with Gasteiger partial charge in [0.05, 0.1) is 0 Å². The Hall–Kier alpha value is -2.10. The Labute approximate surface area is 120 Å². The molecule has 1 aromatic carbocycles. The van der Waals surface area contributed by atoms with Gasteiger partial charge in [-0.3, -0.25) is 0 Å². The van der Waals surface area contributed by atoms with E-state index in [-0.39, 0.29) is 6.03 Å². The SMILES string of the molecule is O=C(N/N=C\C=C\c1ccccc1)NC1CCCCC1. The Morgan fingerprint density at radius 2 is 1.90 bits per heavy atom. The largest absolute Gasteiger partial charge is 0.335 e. The number of rotatable bonds is 4. The molecule has 106 valence electrons. The van der Waals surface area contributed by atoms with Crippen molar-refractivity contribution in [3.8, 4) is 0 Å². The van der Waals surface area contributed by atoms with Crippen molar-refractivity contribution in [1.82, 2.24) is 10.7 Å². The fraction of sp³-hybridized carbons (Fsp3) is 0.375. The van der Waals surface area contributed by atoms with Crippen molar-refractivity contribution >= 4 is 18.3 Å². The Balaban J connectivity index is 1.67. The molecule has 0 heterocycles. The molecule has 0 spiro atoms. The van der Waals surface area contributed by atoms with Crippen LogP contribution in [-0.4, -0.2) is 18.3 Å². The third-order valence-corrected chi connectivity index (χ3v) is 3.36. The van der Waals surface area contributed by atoms with Crippen molar-refractivity contribution in [3.05, 3.63) is 42.0 Å². The lowest BCUT2D eigenvalue weighted by Gasteiger charge is -2.22. The Morgan fingerprint density at radius 3 is 2.65 bits per heavy atom. The number of hydrazone groups is 1. The number of nitrogens with zero attached hydrogens (tertiary/aromatic N) is 1. The van der Waals surface area contributed by atoms with Crippen LogP contribution in [0.2, 0.25) is 0 Å². The number of carbonyl (C=O) groups excluding carboxylic acids is 1. The van der Waals surface area contributed by atoms with Gasteiger partial charge in [-0.05, 0) is 24.5 Å². The quantitative estimate of drug-likeness (QED) is 0.640. The summed E-state index contributed by atoms with van der Waals surface area (Å²) >= 11 is 0. The van der Waals surface area contributed by atoms with Crippen LogP contribution >= 0.6 is 0 Å². The molecular formula is C16H21N3O. The molecule has 1 saturated carbocycles. The minimum absolute atomic E-state index is 0.221. The van der Waals surface area contributed by atoms with Gasteiger partial charge in [-0.1, -0.05) is 55.7 Å². The second kappa shape index (κ2) is 8.15.